The van der Waals surface area contributed by atoms with Gasteiger partial charge in [-0.15, -0.1) is 0 Å². The normalized spacial score (nSPS) is 18.8. The van der Waals surface area contributed by atoms with Crippen LogP contribution < -0.4 is 9.33 Å². The maximum atomic E-state index is 13.4. The Morgan fingerprint density at radius 1 is 1.06 bits per heavy atom. The summed E-state index contributed by atoms with van der Waals surface area (Å²) in [6, 6.07) is 13.5. The minimum atomic E-state index is -1.96. The lowest BCUT2D eigenvalue weighted by atomic mass is 9.79. The standard InChI is InChI=1S/C25H32FNO4Si/c1-25(2,3)32(5,6)31-20-13-7-17(8-14-20)23-21(15-16-22(28)30-4)24(29)27(23)19-11-9-18(26)10-12-19/h7-14,21,23H,15-16H2,1-6H3/t21-,23-/m1/s1. The van der Waals surface area contributed by atoms with E-state index in [-0.39, 0.29) is 41.1 Å². The van der Waals surface area contributed by atoms with Crippen molar-refractivity contribution in [3.8, 4) is 5.75 Å². The number of anilines is 1. The van der Waals surface area contributed by atoms with Gasteiger partial charge in [0, 0.05) is 12.1 Å². The summed E-state index contributed by atoms with van der Waals surface area (Å²) in [5, 5.41) is 0.0877. The van der Waals surface area contributed by atoms with Gasteiger partial charge in [-0.1, -0.05) is 32.9 Å². The van der Waals surface area contributed by atoms with Crippen molar-refractivity contribution in [3.05, 3.63) is 59.9 Å². The van der Waals surface area contributed by atoms with Crippen LogP contribution in [-0.2, 0) is 14.3 Å². The van der Waals surface area contributed by atoms with E-state index in [1.165, 1.54) is 19.2 Å². The molecule has 0 unspecified atom stereocenters. The van der Waals surface area contributed by atoms with Gasteiger partial charge in [-0.2, -0.15) is 0 Å². The van der Waals surface area contributed by atoms with E-state index >= 15 is 0 Å². The molecule has 0 N–H and O–H groups in total. The first kappa shape index (κ1) is 24.0. The van der Waals surface area contributed by atoms with E-state index in [0.717, 1.165) is 11.3 Å². The third-order valence-corrected chi connectivity index (χ3v) is 11.0. The fraction of sp³-hybridized carbons (Fsp3) is 0.440. The molecule has 0 aliphatic carbocycles. The van der Waals surface area contributed by atoms with Gasteiger partial charge >= 0.3 is 5.97 Å². The zero-order valence-electron chi connectivity index (χ0n) is 19.6. The largest absolute Gasteiger partial charge is 0.544 e. The van der Waals surface area contributed by atoms with E-state index in [4.69, 9.17) is 9.16 Å². The highest BCUT2D eigenvalue weighted by Gasteiger charge is 2.48. The van der Waals surface area contributed by atoms with Crippen LogP contribution in [0.2, 0.25) is 18.1 Å². The molecule has 1 amide bonds. The van der Waals surface area contributed by atoms with Gasteiger partial charge in [-0.3, -0.25) is 9.59 Å². The third kappa shape index (κ3) is 4.88. The highest BCUT2D eigenvalue weighted by molar-refractivity contribution is 6.74. The van der Waals surface area contributed by atoms with Crippen molar-refractivity contribution in [1.82, 2.24) is 0 Å². The predicted octanol–water partition coefficient (Wildman–Crippen LogP) is 5.87. The second-order valence-corrected chi connectivity index (χ2v) is 14.5. The molecule has 0 aromatic heterocycles. The first-order chi connectivity index (χ1) is 14.9. The van der Waals surface area contributed by atoms with Crippen LogP contribution in [0.15, 0.2) is 48.5 Å². The summed E-state index contributed by atoms with van der Waals surface area (Å²) < 4.78 is 24.5. The number of amides is 1. The predicted molar refractivity (Wildman–Crippen MR) is 126 cm³/mol. The molecular weight excluding hydrogens is 425 g/mol. The number of methoxy groups -OCH3 is 1. The first-order valence-electron chi connectivity index (χ1n) is 10.9. The van der Waals surface area contributed by atoms with Gasteiger partial charge in [0.15, 0.2) is 0 Å². The Labute approximate surface area is 190 Å². The number of carbonyl (C=O) groups is 2. The molecule has 2 aromatic rings. The fourth-order valence-electron chi connectivity index (χ4n) is 3.66. The Hall–Kier alpha value is -2.67. The molecule has 2 atom stereocenters. The molecule has 172 valence electrons. The Kier molecular flexibility index (Phi) is 6.79. The van der Waals surface area contributed by atoms with Crippen molar-refractivity contribution in [2.24, 2.45) is 5.92 Å². The molecule has 3 rings (SSSR count). The van der Waals surface area contributed by atoms with Gasteiger partial charge in [-0.05, 0) is 66.5 Å². The first-order valence-corrected chi connectivity index (χ1v) is 13.8. The number of halogens is 1. The van der Waals surface area contributed by atoms with Crippen molar-refractivity contribution < 1.29 is 23.1 Å². The molecule has 2 aromatic carbocycles. The number of nitrogens with zero attached hydrogens (tertiary/aromatic N) is 1. The Balaban J connectivity index is 1.86. The average Bonchev–Trinajstić information content (AvgIpc) is 2.73. The number of hydrogen-bond donors (Lipinski definition) is 0. The zero-order valence-corrected chi connectivity index (χ0v) is 20.6. The molecule has 1 aliphatic rings. The summed E-state index contributed by atoms with van der Waals surface area (Å²) >= 11 is 0. The topological polar surface area (TPSA) is 55.8 Å². The maximum Gasteiger partial charge on any atom is 0.305 e. The molecule has 5 nitrogen and oxygen atoms in total. The molecule has 1 aliphatic heterocycles. The number of esters is 1. The molecular formula is C25H32FNO4Si. The Morgan fingerprint density at radius 2 is 1.66 bits per heavy atom. The van der Waals surface area contributed by atoms with E-state index in [2.05, 4.69) is 33.9 Å². The van der Waals surface area contributed by atoms with E-state index in [0.29, 0.717) is 12.1 Å². The monoisotopic (exact) mass is 457 g/mol. The molecule has 1 heterocycles. The van der Waals surface area contributed by atoms with E-state index in [1.54, 1.807) is 17.0 Å². The lowest BCUT2D eigenvalue weighted by Gasteiger charge is -2.47. The van der Waals surface area contributed by atoms with E-state index in [1.807, 2.05) is 24.3 Å². The van der Waals surface area contributed by atoms with Gasteiger partial charge in [0.05, 0.1) is 19.1 Å². The maximum absolute atomic E-state index is 13.4. The van der Waals surface area contributed by atoms with Crippen LogP contribution in [0.3, 0.4) is 0 Å². The smallest absolute Gasteiger partial charge is 0.305 e. The summed E-state index contributed by atoms with van der Waals surface area (Å²) in [7, 11) is -0.620. The van der Waals surface area contributed by atoms with Crippen molar-refractivity contribution in [3.63, 3.8) is 0 Å². The number of ether oxygens (including phenoxy) is 1. The second kappa shape index (κ2) is 9.06. The van der Waals surface area contributed by atoms with Crippen molar-refractivity contribution in [2.75, 3.05) is 12.0 Å². The quantitative estimate of drug-likeness (QED) is 0.297. The van der Waals surface area contributed by atoms with Crippen LogP contribution in [-0.4, -0.2) is 27.3 Å². The fourth-order valence-corrected chi connectivity index (χ4v) is 4.69. The highest BCUT2D eigenvalue weighted by atomic mass is 28.4. The van der Waals surface area contributed by atoms with Gasteiger partial charge in [-0.25, -0.2) is 4.39 Å². The SMILES string of the molecule is COC(=O)CC[C@H]1C(=O)N(c2ccc(F)cc2)[C@@H]1c1ccc(O[Si](C)(C)C(C)(C)C)cc1. The highest BCUT2D eigenvalue weighted by Crippen LogP contribution is 2.46. The number of rotatable bonds is 7. The summed E-state index contributed by atoms with van der Waals surface area (Å²) in [6.07, 6.45) is 0.573. The van der Waals surface area contributed by atoms with Crippen LogP contribution in [0.25, 0.3) is 0 Å². The molecule has 1 saturated heterocycles. The van der Waals surface area contributed by atoms with E-state index in [9.17, 15) is 14.0 Å². The lowest BCUT2D eigenvalue weighted by Crippen LogP contribution is -2.55. The minimum absolute atomic E-state index is 0.0767. The molecule has 1 fully saturated rings. The molecule has 0 bridgehead atoms. The minimum Gasteiger partial charge on any atom is -0.544 e. The number of benzene rings is 2. The molecule has 0 spiro atoms. The van der Waals surface area contributed by atoms with Crippen LogP contribution in [0.5, 0.6) is 5.75 Å². The second-order valence-electron chi connectivity index (χ2n) is 9.78. The van der Waals surface area contributed by atoms with E-state index < -0.39 is 8.32 Å². The van der Waals surface area contributed by atoms with Gasteiger partial charge in [0.2, 0.25) is 14.2 Å². The molecule has 32 heavy (non-hydrogen) atoms. The van der Waals surface area contributed by atoms with Crippen LogP contribution in [0.4, 0.5) is 10.1 Å². The Bertz CT molecular complexity index is 967. The summed E-state index contributed by atoms with van der Waals surface area (Å²) in [6.45, 7) is 11.0. The van der Waals surface area contributed by atoms with Crippen molar-refractivity contribution in [1.29, 1.82) is 0 Å². The number of carbonyl (C=O) groups excluding carboxylic acids is 2. The summed E-state index contributed by atoms with van der Waals surface area (Å²) in [5.41, 5.74) is 1.59. The van der Waals surface area contributed by atoms with Crippen molar-refractivity contribution >= 4 is 25.9 Å². The number of β-lactam (4-membered cyclic amide) rings is 1. The zero-order chi connectivity index (χ0) is 23.7. The molecule has 0 saturated carbocycles. The van der Waals surface area contributed by atoms with Crippen LogP contribution >= 0.6 is 0 Å². The molecule has 7 heteroatoms. The lowest BCUT2D eigenvalue weighted by molar-refractivity contribution is -0.141. The van der Waals surface area contributed by atoms with Gasteiger partial charge in [0.1, 0.15) is 11.6 Å². The molecule has 0 radical (unpaired) electrons. The van der Waals surface area contributed by atoms with Gasteiger partial charge in [0.25, 0.3) is 0 Å². The van der Waals surface area contributed by atoms with Crippen LogP contribution in [0, 0.1) is 11.7 Å². The van der Waals surface area contributed by atoms with Crippen LogP contribution in [0.1, 0.15) is 45.2 Å². The summed E-state index contributed by atoms with van der Waals surface area (Å²) in [4.78, 5) is 26.3. The third-order valence-electron chi connectivity index (χ3n) is 6.61. The van der Waals surface area contributed by atoms with Gasteiger partial charge < -0.3 is 14.1 Å². The van der Waals surface area contributed by atoms with Crippen molar-refractivity contribution in [2.45, 2.75) is 57.8 Å². The average molecular weight is 458 g/mol. The summed E-state index contributed by atoms with van der Waals surface area (Å²) in [5.74, 6) is -0.300. The number of hydrogen-bond acceptors (Lipinski definition) is 4. The Morgan fingerprint density at radius 3 is 2.19 bits per heavy atom.